The monoisotopic (exact) mass is 277 g/mol. The van der Waals surface area contributed by atoms with Crippen molar-refractivity contribution in [2.24, 2.45) is 5.73 Å². The van der Waals surface area contributed by atoms with E-state index in [2.05, 4.69) is 0 Å². The Balaban J connectivity index is 1.86. The number of thioether (sulfide) groups is 1. The molecule has 19 heavy (non-hydrogen) atoms. The van der Waals surface area contributed by atoms with Crippen LogP contribution in [0.15, 0.2) is 53.4 Å². The van der Waals surface area contributed by atoms with Crippen LogP contribution in [0.25, 0.3) is 0 Å². The van der Waals surface area contributed by atoms with E-state index in [9.17, 15) is 9.50 Å². The molecule has 3 N–H and O–H groups in total. The molecule has 0 heterocycles. The average molecular weight is 277 g/mol. The van der Waals surface area contributed by atoms with Crippen LogP contribution in [0.1, 0.15) is 5.56 Å². The van der Waals surface area contributed by atoms with E-state index in [1.165, 1.54) is 17.8 Å². The van der Waals surface area contributed by atoms with E-state index >= 15 is 0 Å². The van der Waals surface area contributed by atoms with Gasteiger partial charge in [-0.1, -0.05) is 24.3 Å². The number of hydrogen-bond donors (Lipinski definition) is 2. The summed E-state index contributed by atoms with van der Waals surface area (Å²) in [7, 11) is 0. The number of aromatic hydroxyl groups is 1. The van der Waals surface area contributed by atoms with Crippen molar-refractivity contribution >= 4 is 11.8 Å². The van der Waals surface area contributed by atoms with Gasteiger partial charge in [-0.05, 0) is 36.2 Å². The number of hydrogen-bond acceptors (Lipinski definition) is 3. The van der Waals surface area contributed by atoms with Crippen LogP contribution in [0.4, 0.5) is 4.39 Å². The number of phenolic OH excluding ortho intramolecular Hbond substituents is 1. The Labute approximate surface area is 116 Å². The summed E-state index contributed by atoms with van der Waals surface area (Å²) < 4.78 is 13.4. The third-order valence-corrected chi connectivity index (χ3v) is 3.96. The number of benzene rings is 2. The SMILES string of the molecule is NC(CSc1ccccc1F)Cc1ccc(O)cc1. The lowest BCUT2D eigenvalue weighted by Gasteiger charge is -2.11. The topological polar surface area (TPSA) is 46.2 Å². The Morgan fingerprint density at radius 2 is 1.79 bits per heavy atom. The minimum atomic E-state index is -0.204. The van der Waals surface area contributed by atoms with Gasteiger partial charge in [-0.25, -0.2) is 4.39 Å². The van der Waals surface area contributed by atoms with Crippen molar-refractivity contribution in [2.45, 2.75) is 17.4 Å². The van der Waals surface area contributed by atoms with Crippen LogP contribution < -0.4 is 5.73 Å². The summed E-state index contributed by atoms with van der Waals surface area (Å²) in [6.07, 6.45) is 0.710. The minimum Gasteiger partial charge on any atom is -0.508 e. The predicted octanol–water partition coefficient (Wildman–Crippen LogP) is 3.19. The molecule has 2 aromatic carbocycles. The molecular formula is C15H16FNOS. The van der Waals surface area contributed by atoms with Crippen LogP contribution in [-0.2, 0) is 6.42 Å². The lowest BCUT2D eigenvalue weighted by molar-refractivity contribution is 0.475. The van der Waals surface area contributed by atoms with Crippen molar-refractivity contribution in [1.29, 1.82) is 0 Å². The Bertz CT molecular complexity index is 530. The van der Waals surface area contributed by atoms with Gasteiger partial charge < -0.3 is 10.8 Å². The summed E-state index contributed by atoms with van der Waals surface area (Å²) in [6.45, 7) is 0. The molecule has 0 bridgehead atoms. The highest BCUT2D eigenvalue weighted by Crippen LogP contribution is 2.22. The van der Waals surface area contributed by atoms with E-state index in [0.717, 1.165) is 5.56 Å². The first-order valence-corrected chi connectivity index (χ1v) is 7.04. The molecule has 1 unspecified atom stereocenters. The van der Waals surface area contributed by atoms with Gasteiger partial charge in [0.05, 0.1) is 0 Å². The molecule has 0 fully saturated rings. The van der Waals surface area contributed by atoms with Crippen molar-refractivity contribution in [2.75, 3.05) is 5.75 Å². The molecule has 2 aromatic rings. The normalized spacial score (nSPS) is 12.3. The van der Waals surface area contributed by atoms with Crippen molar-refractivity contribution in [3.05, 3.63) is 59.9 Å². The van der Waals surface area contributed by atoms with Crippen molar-refractivity contribution < 1.29 is 9.50 Å². The molecule has 0 radical (unpaired) electrons. The molecule has 0 aliphatic rings. The van der Waals surface area contributed by atoms with E-state index in [0.29, 0.717) is 17.1 Å². The molecule has 100 valence electrons. The Morgan fingerprint density at radius 1 is 1.11 bits per heavy atom. The van der Waals surface area contributed by atoms with Crippen LogP contribution >= 0.6 is 11.8 Å². The van der Waals surface area contributed by atoms with E-state index in [4.69, 9.17) is 5.73 Å². The highest BCUT2D eigenvalue weighted by atomic mass is 32.2. The second-order valence-electron chi connectivity index (χ2n) is 4.37. The van der Waals surface area contributed by atoms with Gasteiger partial charge in [0.1, 0.15) is 11.6 Å². The number of phenols is 1. The fourth-order valence-electron chi connectivity index (χ4n) is 1.75. The Morgan fingerprint density at radius 3 is 2.47 bits per heavy atom. The van der Waals surface area contributed by atoms with Gasteiger partial charge in [0, 0.05) is 16.7 Å². The van der Waals surface area contributed by atoms with Gasteiger partial charge >= 0.3 is 0 Å². The molecule has 4 heteroatoms. The van der Waals surface area contributed by atoms with Gasteiger partial charge in [-0.3, -0.25) is 0 Å². The van der Waals surface area contributed by atoms with Crippen LogP contribution in [0.3, 0.4) is 0 Å². The van der Waals surface area contributed by atoms with Gasteiger partial charge in [0.25, 0.3) is 0 Å². The summed E-state index contributed by atoms with van der Waals surface area (Å²) in [4.78, 5) is 0.628. The lowest BCUT2D eigenvalue weighted by atomic mass is 10.1. The zero-order chi connectivity index (χ0) is 13.7. The first-order chi connectivity index (χ1) is 9.15. The Kier molecular flexibility index (Phi) is 4.82. The van der Waals surface area contributed by atoms with Gasteiger partial charge in [-0.2, -0.15) is 0 Å². The standard InChI is InChI=1S/C15H16FNOS/c16-14-3-1-2-4-15(14)19-10-12(17)9-11-5-7-13(18)8-6-11/h1-8,12,18H,9-10,17H2. The molecule has 0 aliphatic carbocycles. The van der Waals surface area contributed by atoms with E-state index < -0.39 is 0 Å². The van der Waals surface area contributed by atoms with Gasteiger partial charge in [0.15, 0.2) is 0 Å². The highest BCUT2D eigenvalue weighted by molar-refractivity contribution is 7.99. The van der Waals surface area contributed by atoms with E-state index in [1.54, 1.807) is 24.3 Å². The lowest BCUT2D eigenvalue weighted by Crippen LogP contribution is -2.25. The number of rotatable bonds is 5. The fourth-order valence-corrected chi connectivity index (χ4v) is 2.64. The van der Waals surface area contributed by atoms with Crippen LogP contribution in [0.5, 0.6) is 5.75 Å². The van der Waals surface area contributed by atoms with Crippen LogP contribution in [0.2, 0.25) is 0 Å². The maximum atomic E-state index is 13.4. The quantitative estimate of drug-likeness (QED) is 0.825. The second kappa shape index (κ2) is 6.59. The number of nitrogens with two attached hydrogens (primary N) is 1. The van der Waals surface area contributed by atoms with E-state index in [-0.39, 0.29) is 17.6 Å². The molecule has 0 aromatic heterocycles. The third kappa shape index (κ3) is 4.26. The molecule has 2 rings (SSSR count). The maximum Gasteiger partial charge on any atom is 0.136 e. The first-order valence-electron chi connectivity index (χ1n) is 6.06. The Hall–Kier alpha value is -1.52. The van der Waals surface area contributed by atoms with Crippen LogP contribution in [0, 0.1) is 5.82 Å². The zero-order valence-electron chi connectivity index (χ0n) is 10.4. The summed E-state index contributed by atoms with van der Waals surface area (Å²) in [5.41, 5.74) is 7.10. The zero-order valence-corrected chi connectivity index (χ0v) is 11.2. The predicted molar refractivity (Wildman–Crippen MR) is 76.9 cm³/mol. The van der Waals surface area contributed by atoms with Crippen molar-refractivity contribution in [3.8, 4) is 5.75 Å². The molecule has 1 atom stereocenters. The molecule has 0 spiro atoms. The van der Waals surface area contributed by atoms with Crippen LogP contribution in [-0.4, -0.2) is 16.9 Å². The largest absolute Gasteiger partial charge is 0.508 e. The summed E-state index contributed by atoms with van der Waals surface area (Å²) >= 11 is 1.43. The minimum absolute atomic E-state index is 0.0471. The van der Waals surface area contributed by atoms with Crippen molar-refractivity contribution in [3.63, 3.8) is 0 Å². The smallest absolute Gasteiger partial charge is 0.136 e. The summed E-state index contributed by atoms with van der Waals surface area (Å²) in [5, 5.41) is 9.20. The first kappa shape index (κ1) is 13.9. The van der Waals surface area contributed by atoms with Gasteiger partial charge in [-0.15, -0.1) is 11.8 Å². The molecule has 0 amide bonds. The van der Waals surface area contributed by atoms with Gasteiger partial charge in [0.2, 0.25) is 0 Å². The number of halogens is 1. The fraction of sp³-hybridized carbons (Fsp3) is 0.200. The molecular weight excluding hydrogens is 261 g/mol. The molecule has 0 aliphatic heterocycles. The molecule has 0 saturated carbocycles. The molecule has 0 saturated heterocycles. The summed E-state index contributed by atoms with van der Waals surface area (Å²) in [6, 6.07) is 13.6. The maximum absolute atomic E-state index is 13.4. The highest BCUT2D eigenvalue weighted by Gasteiger charge is 2.07. The third-order valence-electron chi connectivity index (χ3n) is 2.72. The average Bonchev–Trinajstić information content (AvgIpc) is 2.40. The van der Waals surface area contributed by atoms with Crippen molar-refractivity contribution in [1.82, 2.24) is 0 Å². The second-order valence-corrected chi connectivity index (χ2v) is 5.43. The van der Waals surface area contributed by atoms with E-state index in [1.807, 2.05) is 18.2 Å². The summed E-state index contributed by atoms with van der Waals surface area (Å²) in [5.74, 6) is 0.698. The molecule has 2 nitrogen and oxygen atoms in total.